The first kappa shape index (κ1) is 19.4. The summed E-state index contributed by atoms with van der Waals surface area (Å²) in [6, 6.07) is 15.3. The van der Waals surface area contributed by atoms with Crippen LogP contribution < -0.4 is 0 Å². The van der Waals surface area contributed by atoms with Gasteiger partial charge in [-0.1, -0.05) is 76.3 Å². The van der Waals surface area contributed by atoms with E-state index in [4.69, 9.17) is 4.98 Å². The Morgan fingerprint density at radius 2 is 1.59 bits per heavy atom. The molecule has 0 bridgehead atoms. The topological polar surface area (TPSA) is 17.8 Å². The Morgan fingerprint density at radius 3 is 2.17 bits per heavy atom. The molecule has 29 heavy (non-hydrogen) atoms. The van der Waals surface area contributed by atoms with E-state index in [1.807, 2.05) is 6.20 Å². The highest BCUT2D eigenvalue weighted by atomic mass is 15.1. The van der Waals surface area contributed by atoms with Crippen molar-refractivity contribution in [3.8, 4) is 17.1 Å². The largest absolute Gasteiger partial charge is 0.299 e. The first-order valence-corrected chi connectivity index (χ1v) is 10.7. The van der Waals surface area contributed by atoms with E-state index in [2.05, 4.69) is 99.2 Å². The molecule has 0 N–H and O–H groups in total. The number of imidazole rings is 1. The predicted molar refractivity (Wildman–Crippen MR) is 124 cm³/mol. The maximum atomic E-state index is 4.72. The molecule has 3 aromatic rings. The van der Waals surface area contributed by atoms with Gasteiger partial charge in [-0.15, -0.1) is 0 Å². The fourth-order valence-electron chi connectivity index (χ4n) is 4.15. The van der Waals surface area contributed by atoms with Crippen LogP contribution in [0.15, 0.2) is 73.1 Å². The number of hydrogen-bond acceptors (Lipinski definition) is 1. The summed E-state index contributed by atoms with van der Waals surface area (Å²) < 4.78 is 2.29. The quantitative estimate of drug-likeness (QED) is 0.446. The molecular weight excluding hydrogens is 352 g/mol. The van der Waals surface area contributed by atoms with Crippen molar-refractivity contribution in [3.05, 3.63) is 89.8 Å². The average molecular weight is 383 g/mol. The Morgan fingerprint density at radius 1 is 0.897 bits per heavy atom. The summed E-state index contributed by atoms with van der Waals surface area (Å²) in [6.45, 7) is 9.17. The van der Waals surface area contributed by atoms with Crippen molar-refractivity contribution < 1.29 is 0 Å². The summed E-state index contributed by atoms with van der Waals surface area (Å²) >= 11 is 0. The minimum absolute atomic E-state index is 0.424. The van der Waals surface area contributed by atoms with Gasteiger partial charge >= 0.3 is 0 Å². The lowest BCUT2D eigenvalue weighted by molar-refractivity contribution is 0.805. The Kier molecular flexibility index (Phi) is 5.53. The van der Waals surface area contributed by atoms with Crippen LogP contribution in [0, 0.1) is 0 Å². The second kappa shape index (κ2) is 8.24. The average Bonchev–Trinajstić information content (AvgIpc) is 3.23. The van der Waals surface area contributed by atoms with E-state index in [-0.39, 0.29) is 0 Å². The molecule has 0 aliphatic heterocycles. The summed E-state index contributed by atoms with van der Waals surface area (Å²) in [5.74, 6) is 1.85. The summed E-state index contributed by atoms with van der Waals surface area (Å²) in [5, 5.41) is 0. The van der Waals surface area contributed by atoms with E-state index in [9.17, 15) is 0 Å². The van der Waals surface area contributed by atoms with Crippen LogP contribution in [-0.2, 0) is 0 Å². The van der Waals surface area contributed by atoms with Crippen molar-refractivity contribution in [2.75, 3.05) is 0 Å². The highest BCUT2D eigenvalue weighted by Crippen LogP contribution is 2.37. The van der Waals surface area contributed by atoms with Gasteiger partial charge < -0.3 is 0 Å². The van der Waals surface area contributed by atoms with Gasteiger partial charge in [0.1, 0.15) is 5.82 Å². The molecule has 0 saturated carbocycles. The van der Waals surface area contributed by atoms with Crippen LogP contribution in [0.3, 0.4) is 0 Å². The third-order valence-corrected chi connectivity index (χ3v) is 5.71. The van der Waals surface area contributed by atoms with E-state index >= 15 is 0 Å². The lowest BCUT2D eigenvalue weighted by Crippen LogP contribution is -2.09. The zero-order valence-electron chi connectivity index (χ0n) is 17.9. The zero-order chi connectivity index (χ0) is 20.4. The van der Waals surface area contributed by atoms with Gasteiger partial charge in [-0.3, -0.25) is 4.57 Å². The molecule has 0 radical (unpaired) electrons. The minimum atomic E-state index is 0.424. The maximum Gasteiger partial charge on any atom is 0.144 e. The highest BCUT2D eigenvalue weighted by molar-refractivity contribution is 5.73. The van der Waals surface area contributed by atoms with Gasteiger partial charge in [0.2, 0.25) is 0 Å². The second-order valence-electron chi connectivity index (χ2n) is 8.46. The van der Waals surface area contributed by atoms with Crippen molar-refractivity contribution in [1.82, 2.24) is 9.55 Å². The first-order chi connectivity index (χ1) is 14.1. The van der Waals surface area contributed by atoms with Crippen LogP contribution >= 0.6 is 0 Å². The summed E-state index contributed by atoms with van der Waals surface area (Å²) in [6.07, 6.45) is 13.0. The third-order valence-electron chi connectivity index (χ3n) is 5.71. The Balaban J connectivity index is 1.95. The van der Waals surface area contributed by atoms with Crippen LogP contribution in [-0.4, -0.2) is 9.55 Å². The Hall–Kier alpha value is -2.87. The number of hydrogen-bond donors (Lipinski definition) is 0. The number of benzene rings is 2. The monoisotopic (exact) mass is 382 g/mol. The van der Waals surface area contributed by atoms with Gasteiger partial charge in [0.25, 0.3) is 0 Å². The smallest absolute Gasteiger partial charge is 0.144 e. The lowest BCUT2D eigenvalue weighted by Gasteiger charge is -2.24. The van der Waals surface area contributed by atoms with E-state index < -0.39 is 0 Å². The van der Waals surface area contributed by atoms with Gasteiger partial charge in [0.05, 0.1) is 5.69 Å². The number of aromatic nitrogens is 2. The molecule has 0 amide bonds. The van der Waals surface area contributed by atoms with Crippen molar-refractivity contribution >= 4 is 5.57 Å². The third kappa shape index (κ3) is 3.85. The Bertz CT molecular complexity index is 1020. The number of nitrogens with zero attached hydrogens (tertiary/aromatic N) is 2. The van der Waals surface area contributed by atoms with Crippen LogP contribution in [0.4, 0.5) is 0 Å². The molecule has 0 fully saturated rings. The highest BCUT2D eigenvalue weighted by Gasteiger charge is 2.21. The van der Waals surface area contributed by atoms with Crippen LogP contribution in [0.1, 0.15) is 69.1 Å². The molecule has 1 aromatic heterocycles. The molecule has 2 heteroatoms. The molecule has 0 spiro atoms. The van der Waals surface area contributed by atoms with E-state index in [0.29, 0.717) is 11.8 Å². The second-order valence-corrected chi connectivity index (χ2v) is 8.46. The summed E-state index contributed by atoms with van der Waals surface area (Å²) in [7, 11) is 0. The normalized spacial score (nSPS) is 13.9. The molecule has 148 valence electrons. The summed E-state index contributed by atoms with van der Waals surface area (Å²) in [5.41, 5.74) is 8.02. The van der Waals surface area contributed by atoms with Gasteiger partial charge in [-0.25, -0.2) is 4.98 Å². The molecule has 0 saturated heterocycles. The maximum absolute atomic E-state index is 4.72. The SMILES string of the molecule is CC(C)c1cc(C2=CC=CCC2)cc(C(C)C)c1-n1ccnc1-c1ccccc1. The van der Waals surface area contributed by atoms with Crippen molar-refractivity contribution in [2.24, 2.45) is 0 Å². The van der Waals surface area contributed by atoms with Crippen molar-refractivity contribution in [1.29, 1.82) is 0 Å². The molecule has 0 atom stereocenters. The van der Waals surface area contributed by atoms with Crippen molar-refractivity contribution in [3.63, 3.8) is 0 Å². The fourth-order valence-corrected chi connectivity index (χ4v) is 4.15. The molecule has 1 aliphatic rings. The summed E-state index contributed by atoms with van der Waals surface area (Å²) in [4.78, 5) is 4.72. The molecular formula is C27H30N2. The van der Waals surface area contributed by atoms with Gasteiger partial charge in [-0.05, 0) is 59.1 Å². The first-order valence-electron chi connectivity index (χ1n) is 10.7. The molecule has 2 nitrogen and oxygen atoms in total. The molecule has 2 aromatic carbocycles. The molecule has 1 heterocycles. The van der Waals surface area contributed by atoms with Crippen LogP contribution in [0.5, 0.6) is 0 Å². The Labute approximate surface area is 174 Å². The zero-order valence-corrected chi connectivity index (χ0v) is 17.9. The predicted octanol–water partition coefficient (Wildman–Crippen LogP) is 7.52. The van der Waals surface area contributed by atoms with Gasteiger partial charge in [0, 0.05) is 18.0 Å². The molecule has 0 unspecified atom stereocenters. The van der Waals surface area contributed by atoms with E-state index in [1.165, 1.54) is 28.0 Å². The standard InChI is InChI=1S/C27H30N2/c1-19(2)24-17-23(21-11-7-5-8-12-21)18-25(20(3)4)26(24)29-16-15-28-27(29)22-13-9-6-10-14-22/h5-7,9-11,13-20H,8,12H2,1-4H3. The van der Waals surface area contributed by atoms with Crippen LogP contribution in [0.25, 0.3) is 22.6 Å². The number of allylic oxidation sites excluding steroid dienone is 4. The molecule has 4 rings (SSSR count). The fraction of sp³-hybridized carbons (Fsp3) is 0.296. The lowest BCUT2D eigenvalue weighted by atomic mass is 9.86. The minimum Gasteiger partial charge on any atom is -0.299 e. The van der Waals surface area contributed by atoms with E-state index in [1.54, 1.807) is 0 Å². The van der Waals surface area contributed by atoms with E-state index in [0.717, 1.165) is 24.2 Å². The van der Waals surface area contributed by atoms with Crippen LogP contribution in [0.2, 0.25) is 0 Å². The van der Waals surface area contributed by atoms with Gasteiger partial charge in [0.15, 0.2) is 0 Å². The molecule has 1 aliphatic carbocycles. The number of rotatable bonds is 5. The van der Waals surface area contributed by atoms with Gasteiger partial charge in [-0.2, -0.15) is 0 Å². The van der Waals surface area contributed by atoms with Crippen molar-refractivity contribution in [2.45, 2.75) is 52.4 Å².